The summed E-state index contributed by atoms with van der Waals surface area (Å²) in [5, 5.41) is 32.0. The number of fused-ring (bicyclic) bond motifs is 3. The van der Waals surface area contributed by atoms with E-state index in [-0.39, 0.29) is 23.2 Å². The van der Waals surface area contributed by atoms with Crippen molar-refractivity contribution in [3.05, 3.63) is 53.6 Å². The second kappa shape index (κ2) is 19.2. The minimum absolute atomic E-state index is 0.0662. The Kier molecular flexibility index (Phi) is 14.4. The van der Waals surface area contributed by atoms with E-state index in [2.05, 4.69) is 20.9 Å². The van der Waals surface area contributed by atoms with Gasteiger partial charge in [-0.25, -0.2) is 0 Å². The van der Waals surface area contributed by atoms with Gasteiger partial charge < -0.3 is 40.4 Å². The van der Waals surface area contributed by atoms with Crippen LogP contribution in [0.25, 0.3) is 0 Å². The first kappa shape index (κ1) is 40.6. The van der Waals surface area contributed by atoms with Crippen LogP contribution >= 0.6 is 21.6 Å². The summed E-state index contributed by atoms with van der Waals surface area (Å²) in [4.78, 5) is 18.8. The molecule has 3 fully saturated rings. The smallest absolute Gasteiger partial charge is 0.196 e. The van der Waals surface area contributed by atoms with Gasteiger partial charge in [0.1, 0.15) is 5.60 Å². The number of aryl methyl sites for hydroxylation is 1. The Hall–Kier alpha value is -3.06. The number of nitrogens with zero attached hydrogens (tertiary/aromatic N) is 1. The molecule has 12 heteroatoms. The van der Waals surface area contributed by atoms with Crippen molar-refractivity contribution in [2.45, 2.75) is 102 Å². The summed E-state index contributed by atoms with van der Waals surface area (Å²) in [5.74, 6) is 3.94. The van der Waals surface area contributed by atoms with Gasteiger partial charge in [-0.05, 0) is 131 Å². The SMILES string of the molecule is CN=C1NCSSC[C@@H]2CCC[C@]2(Cc2ccc(O)c(OC)c2)C(=O)/C=C/CCc2cc(c(O)c(O[C@@]3(CNC)CC[C@H](CCOC4CCCC4)C3)c2)N1. The van der Waals surface area contributed by atoms with Crippen molar-refractivity contribution in [2.75, 3.05) is 51.3 Å². The van der Waals surface area contributed by atoms with Crippen LogP contribution in [0.15, 0.2) is 47.5 Å². The Balaban J connectivity index is 1.22. The van der Waals surface area contributed by atoms with Gasteiger partial charge in [0.05, 0.1) is 24.8 Å². The fourth-order valence-corrected chi connectivity index (χ4v) is 11.4. The molecule has 1 aliphatic heterocycles. The Bertz CT molecular complexity index is 1630. The molecule has 54 heavy (non-hydrogen) atoms. The van der Waals surface area contributed by atoms with E-state index in [0.29, 0.717) is 66.9 Å². The van der Waals surface area contributed by atoms with E-state index in [0.717, 1.165) is 68.4 Å². The first-order valence-corrected chi connectivity index (χ1v) is 22.4. The van der Waals surface area contributed by atoms with Crippen molar-refractivity contribution in [3.63, 3.8) is 0 Å². The van der Waals surface area contributed by atoms with Gasteiger partial charge in [-0.3, -0.25) is 9.79 Å². The van der Waals surface area contributed by atoms with E-state index >= 15 is 0 Å². The second-order valence-corrected chi connectivity index (χ2v) is 18.1. The number of benzene rings is 2. The normalized spacial score (nSPS) is 28.3. The van der Waals surface area contributed by atoms with Crippen molar-refractivity contribution in [1.82, 2.24) is 10.6 Å². The van der Waals surface area contributed by atoms with Gasteiger partial charge in [0.25, 0.3) is 0 Å². The third-order valence-corrected chi connectivity index (χ3v) is 14.2. The van der Waals surface area contributed by atoms with Crippen LogP contribution in [0, 0.1) is 17.3 Å². The lowest BCUT2D eigenvalue weighted by Crippen LogP contribution is -2.42. The summed E-state index contributed by atoms with van der Waals surface area (Å²) >= 11 is 0. The molecule has 4 atom stereocenters. The third-order valence-electron chi connectivity index (χ3n) is 12.0. The predicted molar refractivity (Wildman–Crippen MR) is 221 cm³/mol. The maximum Gasteiger partial charge on any atom is 0.196 e. The average molecular weight is 781 g/mol. The molecule has 0 spiro atoms. The highest BCUT2D eigenvalue weighted by Gasteiger charge is 2.47. The summed E-state index contributed by atoms with van der Waals surface area (Å²) in [6.07, 6.45) is 17.8. The molecule has 6 rings (SSSR count). The molecule has 296 valence electrons. The number of aliphatic imine (C=N–C) groups is 1. The van der Waals surface area contributed by atoms with Gasteiger partial charge in [-0.1, -0.05) is 53.0 Å². The summed E-state index contributed by atoms with van der Waals surface area (Å²) in [6, 6.07) is 9.36. The number of carbonyl (C=O) groups excluding carboxylic acids is 1. The molecule has 2 aromatic rings. The Morgan fingerprint density at radius 3 is 2.69 bits per heavy atom. The number of hydrogen-bond acceptors (Lipinski definition) is 10. The van der Waals surface area contributed by atoms with E-state index in [1.54, 1.807) is 41.8 Å². The highest BCUT2D eigenvalue weighted by Crippen LogP contribution is 2.50. The zero-order valence-electron chi connectivity index (χ0n) is 32.3. The number of hydrogen-bond donors (Lipinski definition) is 5. The van der Waals surface area contributed by atoms with E-state index in [9.17, 15) is 15.0 Å². The average Bonchev–Trinajstić information content (AvgIpc) is 3.93. The molecule has 3 aliphatic carbocycles. The molecule has 5 N–H and O–H groups in total. The molecule has 2 aromatic carbocycles. The zero-order chi connectivity index (χ0) is 38.0. The van der Waals surface area contributed by atoms with Gasteiger partial charge in [0.15, 0.2) is 34.7 Å². The van der Waals surface area contributed by atoms with Crippen LogP contribution in [0.5, 0.6) is 23.0 Å². The molecule has 2 bridgehead atoms. The number of carbonyl (C=O) groups is 1. The number of methoxy groups -OCH3 is 1. The number of nitrogens with one attached hydrogen (secondary N) is 3. The van der Waals surface area contributed by atoms with Gasteiger partial charge >= 0.3 is 0 Å². The highest BCUT2D eigenvalue weighted by atomic mass is 33.1. The lowest BCUT2D eigenvalue weighted by molar-refractivity contribution is -0.125. The number of rotatable bonds is 11. The van der Waals surface area contributed by atoms with E-state index in [4.69, 9.17) is 14.2 Å². The van der Waals surface area contributed by atoms with E-state index in [1.165, 1.54) is 25.7 Å². The van der Waals surface area contributed by atoms with Crippen molar-refractivity contribution < 1.29 is 29.2 Å². The van der Waals surface area contributed by atoms with Crippen LogP contribution in [0.2, 0.25) is 0 Å². The minimum Gasteiger partial charge on any atom is -0.504 e. The molecule has 1 heterocycles. The van der Waals surface area contributed by atoms with Crippen LogP contribution in [-0.4, -0.2) is 79.6 Å². The molecule has 0 saturated heterocycles. The van der Waals surface area contributed by atoms with Crippen LogP contribution in [0.1, 0.15) is 88.2 Å². The number of ketones is 1. The zero-order valence-corrected chi connectivity index (χ0v) is 33.9. The monoisotopic (exact) mass is 780 g/mol. The highest BCUT2D eigenvalue weighted by molar-refractivity contribution is 8.76. The maximum absolute atomic E-state index is 14.3. The number of anilines is 1. The Morgan fingerprint density at radius 2 is 1.89 bits per heavy atom. The van der Waals surface area contributed by atoms with Crippen LogP contribution in [0.4, 0.5) is 5.69 Å². The third kappa shape index (κ3) is 10.0. The number of guanidine groups is 1. The summed E-state index contributed by atoms with van der Waals surface area (Å²) in [7, 11) is 8.70. The fourth-order valence-electron chi connectivity index (χ4n) is 9.14. The summed E-state index contributed by atoms with van der Waals surface area (Å²) in [6.45, 7) is 1.48. The summed E-state index contributed by atoms with van der Waals surface area (Å²) < 4.78 is 18.5. The number of phenolic OH excluding ortho intramolecular Hbond substituents is 2. The lowest BCUT2D eigenvalue weighted by atomic mass is 9.70. The van der Waals surface area contributed by atoms with Crippen LogP contribution in [-0.2, 0) is 22.4 Å². The standard InChI is InChI=1S/C42H60N4O6S2/c1-43-27-41(19-16-29(24-41)17-20-51-33-11-5-6-12-33)52-37-22-30-9-4-7-13-38(48)42(25-31-14-15-35(47)36(23-31)50-3)18-8-10-32(42)26-53-54-28-45-40(44-2)46-34(21-30)39(37)49/h7,13-15,21-23,29,32-33,43,47,49H,4-6,8-12,16-20,24-28H2,1-3H3,(H2,44,45,46)/b13-7+/t29-,32+,41+,42-/m1/s1. The molecule has 3 saturated carbocycles. The quantitative estimate of drug-likeness (QED) is 0.112. The minimum atomic E-state index is -0.527. The first-order chi connectivity index (χ1) is 26.3. The first-order valence-electron chi connectivity index (χ1n) is 19.9. The number of allylic oxidation sites excluding steroid dienone is 2. The molecule has 4 aliphatic rings. The van der Waals surface area contributed by atoms with Crippen LogP contribution < -0.4 is 25.4 Å². The molecule has 0 radical (unpaired) electrons. The van der Waals surface area contributed by atoms with Gasteiger partial charge in [-0.2, -0.15) is 0 Å². The van der Waals surface area contributed by atoms with Gasteiger partial charge in [0, 0.05) is 31.4 Å². The van der Waals surface area contributed by atoms with Crippen molar-refractivity contribution in [2.24, 2.45) is 22.2 Å². The molecule has 10 nitrogen and oxygen atoms in total. The van der Waals surface area contributed by atoms with Crippen LogP contribution in [0.3, 0.4) is 0 Å². The number of likely N-dealkylation sites (N-methyl/N-ethyl adjacent to an activating group) is 1. The fraction of sp³-hybridized carbons (Fsp3) is 0.619. The van der Waals surface area contributed by atoms with Gasteiger partial charge in [-0.15, -0.1) is 0 Å². The Labute approximate surface area is 329 Å². The molecule has 0 unspecified atom stereocenters. The lowest BCUT2D eigenvalue weighted by Gasteiger charge is -2.33. The summed E-state index contributed by atoms with van der Waals surface area (Å²) in [5.41, 5.74) is 1.56. The largest absolute Gasteiger partial charge is 0.504 e. The van der Waals surface area contributed by atoms with Crippen molar-refractivity contribution >= 4 is 39.0 Å². The van der Waals surface area contributed by atoms with E-state index in [1.807, 2.05) is 43.5 Å². The topological polar surface area (TPSA) is 134 Å². The predicted octanol–water partition coefficient (Wildman–Crippen LogP) is 8.02. The van der Waals surface area contributed by atoms with Gasteiger partial charge in [0.2, 0.25) is 0 Å². The van der Waals surface area contributed by atoms with Crippen molar-refractivity contribution in [1.29, 1.82) is 0 Å². The molecular weight excluding hydrogens is 721 g/mol. The number of phenols is 2. The maximum atomic E-state index is 14.3. The molecule has 0 aromatic heterocycles. The number of aromatic hydroxyl groups is 2. The number of ether oxygens (including phenoxy) is 3. The molecule has 0 amide bonds. The Morgan fingerprint density at radius 1 is 1.04 bits per heavy atom. The van der Waals surface area contributed by atoms with E-state index < -0.39 is 11.0 Å². The second-order valence-electron chi connectivity index (χ2n) is 15.6. The van der Waals surface area contributed by atoms with Crippen molar-refractivity contribution in [3.8, 4) is 23.0 Å². The molecular formula is C42H60N4O6S2.